The molecule has 0 aliphatic heterocycles. The summed E-state index contributed by atoms with van der Waals surface area (Å²) in [5.41, 5.74) is 2.41. The number of aromatic nitrogens is 4. The summed E-state index contributed by atoms with van der Waals surface area (Å²) in [4.78, 5) is 4.59. The van der Waals surface area contributed by atoms with Gasteiger partial charge in [0.2, 0.25) is 0 Å². The fourth-order valence-corrected chi connectivity index (χ4v) is 3.37. The maximum absolute atomic E-state index is 4.59. The number of imidazole rings is 2. The zero-order valence-corrected chi connectivity index (χ0v) is 13.6. The molecule has 0 saturated heterocycles. The van der Waals surface area contributed by atoms with E-state index in [0.717, 1.165) is 17.9 Å². The number of aryl methyl sites for hydroxylation is 3. The molecule has 84 valence electrons. The van der Waals surface area contributed by atoms with Gasteiger partial charge < -0.3 is 0 Å². The molecule has 2 aromatic heterocycles. The monoisotopic (exact) mass is 413 g/mol. The van der Waals surface area contributed by atoms with Crippen LogP contribution in [0.15, 0.2) is 12.4 Å². The molecule has 2 rings (SSSR count). The van der Waals surface area contributed by atoms with Crippen LogP contribution in [0.4, 0.5) is 0 Å². The van der Waals surface area contributed by atoms with Crippen molar-refractivity contribution in [2.45, 2.75) is 20.3 Å². The van der Waals surface area contributed by atoms with Crippen molar-refractivity contribution in [3.8, 4) is 11.6 Å². The number of hydrogen-bond acceptors (Lipinski definition) is 1. The second-order valence-corrected chi connectivity index (χ2v) is 5.69. The summed E-state index contributed by atoms with van der Waals surface area (Å²) < 4.78 is 6.58. The topological polar surface area (TPSA) is 26.6 Å². The molecule has 2 radical (unpaired) electrons. The minimum absolute atomic E-state index is 1.04. The molecule has 0 aliphatic carbocycles. The van der Waals surface area contributed by atoms with Crippen molar-refractivity contribution in [1.82, 2.24) is 14.1 Å². The molecule has 0 unspecified atom stereocenters. The van der Waals surface area contributed by atoms with Gasteiger partial charge in [0.15, 0.2) is 0 Å². The van der Waals surface area contributed by atoms with E-state index >= 15 is 0 Å². The molecule has 2 aromatic rings. The Labute approximate surface area is 111 Å². The van der Waals surface area contributed by atoms with Gasteiger partial charge in [-0.3, -0.25) is 0 Å². The van der Waals surface area contributed by atoms with Gasteiger partial charge in [0, 0.05) is 0 Å². The summed E-state index contributed by atoms with van der Waals surface area (Å²) in [7, 11) is 4.16. The fraction of sp³-hybridized carbons (Fsp3) is 0.455. The summed E-state index contributed by atoms with van der Waals surface area (Å²) >= 11 is 1.20. The molecule has 5 heteroatoms. The van der Waals surface area contributed by atoms with Gasteiger partial charge in [-0.05, 0) is 0 Å². The number of nitrogens with zero attached hydrogens (tertiary/aromatic N) is 4. The first kappa shape index (κ1) is 11.8. The van der Waals surface area contributed by atoms with Crippen LogP contribution in [0.5, 0.6) is 0 Å². The first-order valence-corrected chi connectivity index (χ1v) is 6.90. The van der Waals surface area contributed by atoms with Gasteiger partial charge in [0.1, 0.15) is 0 Å². The van der Waals surface area contributed by atoms with Crippen LogP contribution in [0.25, 0.3) is 11.6 Å². The molecule has 0 saturated carbocycles. The van der Waals surface area contributed by atoms with E-state index in [0.29, 0.717) is 0 Å². The van der Waals surface area contributed by atoms with Crippen LogP contribution in [0.1, 0.15) is 18.3 Å². The Bertz CT molecular complexity index is 524. The third-order valence-electron chi connectivity index (χ3n) is 2.80. The van der Waals surface area contributed by atoms with Crippen molar-refractivity contribution in [2.24, 2.45) is 14.1 Å². The standard InChI is InChI=1S/C11H16N4.Bi/c1-5-9-6-12-10(15(9)4)11-13-8(2)7-14(11)3;/h6-7H,5H2,1-4H3;/q;+1. The summed E-state index contributed by atoms with van der Waals surface area (Å²) in [5, 5.41) is 0. The SMILES string of the molecule is CCc1c[n+]([Bi])c(-c2nc(C)cn2C)n1C. The zero-order valence-electron chi connectivity index (χ0n) is 10.1. The van der Waals surface area contributed by atoms with Crippen LogP contribution < -0.4 is 2.51 Å². The van der Waals surface area contributed by atoms with Crippen LogP contribution >= 0.6 is 0 Å². The van der Waals surface area contributed by atoms with E-state index in [-0.39, 0.29) is 0 Å². The van der Waals surface area contributed by atoms with E-state index in [2.05, 4.69) is 43.0 Å². The molecule has 0 N–H and O–H groups in total. The summed E-state index contributed by atoms with van der Waals surface area (Å²) in [6.45, 7) is 4.21. The first-order chi connectivity index (χ1) is 7.54. The van der Waals surface area contributed by atoms with E-state index in [9.17, 15) is 0 Å². The predicted octanol–water partition coefficient (Wildman–Crippen LogP) is 0.516. The Morgan fingerprint density at radius 1 is 1.44 bits per heavy atom. The molecule has 0 bridgehead atoms. The third-order valence-corrected chi connectivity index (χ3v) is 3.98. The minimum atomic E-state index is 1.04. The Morgan fingerprint density at radius 2 is 2.12 bits per heavy atom. The Kier molecular flexibility index (Phi) is 3.15. The third kappa shape index (κ3) is 1.82. The average molecular weight is 413 g/mol. The van der Waals surface area contributed by atoms with Crippen molar-refractivity contribution in [1.29, 1.82) is 0 Å². The average Bonchev–Trinajstić information content (AvgIpc) is 2.67. The Hall–Kier alpha value is -0.697. The molecule has 0 fully saturated rings. The molecule has 0 spiro atoms. The van der Waals surface area contributed by atoms with Gasteiger partial charge in [-0.15, -0.1) is 0 Å². The van der Waals surface area contributed by atoms with Gasteiger partial charge in [0.25, 0.3) is 0 Å². The van der Waals surface area contributed by atoms with E-state index < -0.39 is 0 Å². The fourth-order valence-electron chi connectivity index (χ4n) is 1.98. The maximum atomic E-state index is 4.59. The van der Waals surface area contributed by atoms with Gasteiger partial charge in [-0.25, -0.2) is 0 Å². The molecular weight excluding hydrogens is 397 g/mol. The van der Waals surface area contributed by atoms with Gasteiger partial charge >= 0.3 is 111 Å². The van der Waals surface area contributed by atoms with E-state index in [1.54, 1.807) is 0 Å². The van der Waals surface area contributed by atoms with E-state index in [1.165, 1.54) is 36.5 Å². The van der Waals surface area contributed by atoms with Crippen molar-refractivity contribution >= 4 is 25.0 Å². The Morgan fingerprint density at radius 3 is 2.56 bits per heavy atom. The van der Waals surface area contributed by atoms with Crippen LogP contribution in [0.3, 0.4) is 0 Å². The Balaban J connectivity index is 2.64. The molecule has 16 heavy (non-hydrogen) atoms. The normalized spacial score (nSPS) is 11.1. The molecule has 0 atom stereocenters. The predicted molar refractivity (Wildman–Crippen MR) is 63.1 cm³/mol. The zero-order chi connectivity index (χ0) is 11.9. The van der Waals surface area contributed by atoms with E-state index in [1.807, 2.05) is 14.0 Å². The summed E-state index contributed by atoms with van der Waals surface area (Å²) in [5.74, 6) is 2.24. The van der Waals surface area contributed by atoms with Crippen LogP contribution in [-0.2, 0) is 20.5 Å². The van der Waals surface area contributed by atoms with Crippen molar-refractivity contribution in [3.05, 3.63) is 23.8 Å². The van der Waals surface area contributed by atoms with E-state index in [4.69, 9.17) is 0 Å². The second kappa shape index (κ2) is 4.29. The van der Waals surface area contributed by atoms with Crippen LogP contribution in [0.2, 0.25) is 0 Å². The summed E-state index contributed by atoms with van der Waals surface area (Å²) in [6.07, 6.45) is 5.33. The van der Waals surface area contributed by atoms with Gasteiger partial charge in [-0.2, -0.15) is 0 Å². The molecule has 0 aromatic carbocycles. The van der Waals surface area contributed by atoms with Crippen molar-refractivity contribution in [2.75, 3.05) is 0 Å². The molecule has 0 aliphatic rings. The first-order valence-electron chi connectivity index (χ1n) is 5.34. The molecule has 4 nitrogen and oxygen atoms in total. The second-order valence-electron chi connectivity index (χ2n) is 4.02. The van der Waals surface area contributed by atoms with Gasteiger partial charge in [-0.1, -0.05) is 0 Å². The number of hydrogen-bond donors (Lipinski definition) is 0. The van der Waals surface area contributed by atoms with Crippen LogP contribution in [-0.4, -0.2) is 39.1 Å². The quantitative estimate of drug-likeness (QED) is 0.660. The molecular formula is C11H16BiN4+. The van der Waals surface area contributed by atoms with Gasteiger partial charge in [0.05, 0.1) is 0 Å². The van der Waals surface area contributed by atoms with Crippen molar-refractivity contribution < 1.29 is 2.51 Å². The number of rotatable bonds is 2. The van der Waals surface area contributed by atoms with Crippen molar-refractivity contribution in [3.63, 3.8) is 0 Å². The van der Waals surface area contributed by atoms with Crippen LogP contribution in [0, 0.1) is 6.92 Å². The molecule has 0 amide bonds. The summed E-state index contributed by atoms with van der Waals surface area (Å²) in [6, 6.07) is 0. The molecule has 2 heterocycles.